The van der Waals surface area contributed by atoms with E-state index in [1.54, 1.807) is 12.1 Å². The molecule has 7 heteroatoms. The molecule has 1 amide bonds. The van der Waals surface area contributed by atoms with E-state index >= 15 is 0 Å². The Morgan fingerprint density at radius 3 is 2.20 bits per heavy atom. The van der Waals surface area contributed by atoms with Gasteiger partial charge in [0, 0.05) is 0 Å². The van der Waals surface area contributed by atoms with Gasteiger partial charge in [0.2, 0.25) is 15.9 Å². The molecule has 0 saturated heterocycles. The van der Waals surface area contributed by atoms with Gasteiger partial charge in [-0.25, -0.2) is 8.42 Å². The lowest BCUT2D eigenvalue weighted by Crippen LogP contribution is -2.41. The SMILES string of the molecule is CC(C)c1ccc(N(CC(=O)NCCOc2ccccc2C(C)C)S(C)(=O)=O)cc1. The second kappa shape index (κ2) is 10.5. The van der Waals surface area contributed by atoms with E-state index in [-0.39, 0.29) is 19.0 Å². The van der Waals surface area contributed by atoms with Gasteiger partial charge >= 0.3 is 0 Å². The van der Waals surface area contributed by atoms with E-state index in [1.807, 2.05) is 36.4 Å². The molecule has 0 atom stereocenters. The first-order chi connectivity index (χ1) is 14.1. The fourth-order valence-electron chi connectivity index (χ4n) is 3.05. The van der Waals surface area contributed by atoms with Crippen LogP contribution in [0.3, 0.4) is 0 Å². The number of rotatable bonds is 10. The first-order valence-electron chi connectivity index (χ1n) is 10.2. The van der Waals surface area contributed by atoms with Crippen LogP contribution in [0.5, 0.6) is 5.75 Å². The zero-order valence-corrected chi connectivity index (χ0v) is 19.2. The normalized spacial score (nSPS) is 11.6. The van der Waals surface area contributed by atoms with E-state index in [1.165, 1.54) is 0 Å². The molecule has 1 N–H and O–H groups in total. The third kappa shape index (κ3) is 6.76. The second-order valence-electron chi connectivity index (χ2n) is 7.91. The molecule has 0 aliphatic heterocycles. The monoisotopic (exact) mass is 432 g/mol. The van der Waals surface area contributed by atoms with Gasteiger partial charge in [0.15, 0.2) is 0 Å². The molecule has 2 rings (SSSR count). The minimum Gasteiger partial charge on any atom is -0.491 e. The Hall–Kier alpha value is -2.54. The number of carbonyl (C=O) groups excluding carboxylic acids is 1. The van der Waals surface area contributed by atoms with E-state index in [9.17, 15) is 13.2 Å². The molecule has 0 bridgehead atoms. The molecule has 2 aromatic carbocycles. The molecular weight excluding hydrogens is 400 g/mol. The third-order valence-electron chi connectivity index (χ3n) is 4.76. The largest absolute Gasteiger partial charge is 0.491 e. The Morgan fingerprint density at radius 2 is 1.63 bits per heavy atom. The van der Waals surface area contributed by atoms with Gasteiger partial charge in [0.25, 0.3) is 0 Å². The number of nitrogens with zero attached hydrogens (tertiary/aromatic N) is 1. The highest BCUT2D eigenvalue weighted by Gasteiger charge is 2.21. The molecule has 0 aromatic heterocycles. The zero-order chi connectivity index (χ0) is 22.3. The molecular formula is C23H32N2O4S. The van der Waals surface area contributed by atoms with Crippen molar-refractivity contribution in [3.8, 4) is 5.75 Å². The fraction of sp³-hybridized carbons (Fsp3) is 0.435. The Kier molecular flexibility index (Phi) is 8.29. The highest BCUT2D eigenvalue weighted by Crippen LogP contribution is 2.25. The minimum absolute atomic E-state index is 0.275. The lowest BCUT2D eigenvalue weighted by molar-refractivity contribution is -0.119. The number of benzene rings is 2. The van der Waals surface area contributed by atoms with Crippen molar-refractivity contribution >= 4 is 21.6 Å². The zero-order valence-electron chi connectivity index (χ0n) is 18.4. The predicted molar refractivity (Wildman–Crippen MR) is 122 cm³/mol. The summed E-state index contributed by atoms with van der Waals surface area (Å²) in [6.45, 7) is 8.64. The van der Waals surface area contributed by atoms with Crippen LogP contribution >= 0.6 is 0 Å². The van der Waals surface area contributed by atoms with Gasteiger partial charge in [0.1, 0.15) is 18.9 Å². The lowest BCUT2D eigenvalue weighted by atomic mass is 10.0. The van der Waals surface area contributed by atoms with E-state index in [0.717, 1.165) is 27.4 Å². The first-order valence-corrected chi connectivity index (χ1v) is 12.0. The lowest BCUT2D eigenvalue weighted by Gasteiger charge is -2.22. The van der Waals surface area contributed by atoms with E-state index < -0.39 is 10.0 Å². The van der Waals surface area contributed by atoms with Crippen LogP contribution in [0, 0.1) is 0 Å². The summed E-state index contributed by atoms with van der Waals surface area (Å²) in [6.07, 6.45) is 1.10. The van der Waals surface area contributed by atoms with Crippen molar-refractivity contribution in [1.82, 2.24) is 5.32 Å². The molecule has 0 unspecified atom stereocenters. The smallest absolute Gasteiger partial charge is 0.240 e. The van der Waals surface area contributed by atoms with Crippen molar-refractivity contribution in [2.45, 2.75) is 39.5 Å². The van der Waals surface area contributed by atoms with Crippen LogP contribution in [-0.4, -0.2) is 40.3 Å². The fourth-order valence-corrected chi connectivity index (χ4v) is 3.91. The Morgan fingerprint density at radius 1 is 1.00 bits per heavy atom. The number of hydrogen-bond donors (Lipinski definition) is 1. The Balaban J connectivity index is 1.94. The van der Waals surface area contributed by atoms with Gasteiger partial charge in [-0.05, 0) is 41.2 Å². The summed E-state index contributed by atoms with van der Waals surface area (Å²) in [6, 6.07) is 15.0. The van der Waals surface area contributed by atoms with Crippen molar-refractivity contribution in [2.75, 3.05) is 30.3 Å². The number of ether oxygens (including phenoxy) is 1. The van der Waals surface area contributed by atoms with Crippen LogP contribution in [0.1, 0.15) is 50.7 Å². The van der Waals surface area contributed by atoms with Crippen LogP contribution in [-0.2, 0) is 14.8 Å². The minimum atomic E-state index is -3.59. The molecule has 0 radical (unpaired) electrons. The van der Waals surface area contributed by atoms with Crippen molar-refractivity contribution in [3.05, 3.63) is 59.7 Å². The highest BCUT2D eigenvalue weighted by atomic mass is 32.2. The number of carbonyl (C=O) groups is 1. The number of hydrogen-bond acceptors (Lipinski definition) is 4. The topological polar surface area (TPSA) is 75.7 Å². The molecule has 6 nitrogen and oxygen atoms in total. The van der Waals surface area contributed by atoms with Gasteiger partial charge in [-0.15, -0.1) is 0 Å². The van der Waals surface area contributed by atoms with Gasteiger partial charge in [0.05, 0.1) is 18.5 Å². The van der Waals surface area contributed by atoms with Crippen LogP contribution in [0.2, 0.25) is 0 Å². The summed E-state index contributed by atoms with van der Waals surface area (Å²) >= 11 is 0. The van der Waals surface area contributed by atoms with Crippen LogP contribution in [0.25, 0.3) is 0 Å². The van der Waals surface area contributed by atoms with Gasteiger partial charge in [-0.3, -0.25) is 9.10 Å². The maximum absolute atomic E-state index is 12.4. The molecule has 0 heterocycles. The predicted octanol–water partition coefficient (Wildman–Crippen LogP) is 3.89. The molecule has 0 fully saturated rings. The maximum Gasteiger partial charge on any atom is 0.240 e. The summed E-state index contributed by atoms with van der Waals surface area (Å²) in [5.41, 5.74) is 2.69. The van der Waals surface area contributed by atoms with E-state index in [2.05, 4.69) is 33.0 Å². The van der Waals surface area contributed by atoms with Crippen molar-refractivity contribution < 1.29 is 17.9 Å². The molecule has 0 spiro atoms. The summed E-state index contributed by atoms with van der Waals surface area (Å²) < 4.78 is 31.4. The second-order valence-corrected chi connectivity index (χ2v) is 9.81. The first kappa shape index (κ1) is 23.7. The van der Waals surface area contributed by atoms with Crippen molar-refractivity contribution in [2.24, 2.45) is 0 Å². The average Bonchev–Trinajstić information content (AvgIpc) is 2.69. The maximum atomic E-state index is 12.4. The molecule has 2 aromatic rings. The number of anilines is 1. The number of sulfonamides is 1. The third-order valence-corrected chi connectivity index (χ3v) is 5.90. The Bertz CT molecular complexity index is 938. The number of para-hydroxylation sites is 1. The van der Waals surface area contributed by atoms with Crippen molar-refractivity contribution in [1.29, 1.82) is 0 Å². The Labute approximate surface area is 180 Å². The standard InChI is InChI=1S/C23H32N2O4S/c1-17(2)19-10-12-20(13-11-19)25(30(5,27)28)16-23(26)24-14-15-29-22-9-7-6-8-21(22)18(3)4/h6-13,17-18H,14-16H2,1-5H3,(H,24,26). The van der Waals surface area contributed by atoms with Crippen molar-refractivity contribution in [3.63, 3.8) is 0 Å². The summed E-state index contributed by atoms with van der Waals surface area (Å²) in [7, 11) is -3.59. The van der Waals surface area contributed by atoms with Crippen LogP contribution < -0.4 is 14.4 Å². The summed E-state index contributed by atoms with van der Waals surface area (Å²) in [4.78, 5) is 12.4. The summed E-state index contributed by atoms with van der Waals surface area (Å²) in [5, 5.41) is 2.73. The van der Waals surface area contributed by atoms with Gasteiger partial charge in [-0.1, -0.05) is 58.0 Å². The molecule has 30 heavy (non-hydrogen) atoms. The molecule has 164 valence electrons. The molecule has 0 saturated carbocycles. The summed E-state index contributed by atoms with van der Waals surface area (Å²) in [5.74, 6) is 1.09. The highest BCUT2D eigenvalue weighted by molar-refractivity contribution is 7.92. The van der Waals surface area contributed by atoms with E-state index in [0.29, 0.717) is 24.1 Å². The van der Waals surface area contributed by atoms with Crippen LogP contribution in [0.15, 0.2) is 48.5 Å². The van der Waals surface area contributed by atoms with E-state index in [4.69, 9.17) is 4.74 Å². The molecule has 0 aliphatic rings. The van der Waals surface area contributed by atoms with Gasteiger partial charge in [-0.2, -0.15) is 0 Å². The number of nitrogens with one attached hydrogen (secondary N) is 1. The molecule has 0 aliphatic carbocycles. The van der Waals surface area contributed by atoms with Gasteiger partial charge < -0.3 is 10.1 Å². The average molecular weight is 433 g/mol. The van der Waals surface area contributed by atoms with Crippen LogP contribution in [0.4, 0.5) is 5.69 Å². The number of amides is 1. The quantitative estimate of drug-likeness (QED) is 0.578.